The highest BCUT2D eigenvalue weighted by Crippen LogP contribution is 2.36. The number of rotatable bonds is 7. The van der Waals surface area contributed by atoms with Gasteiger partial charge in [0, 0.05) is 25.2 Å². The second kappa shape index (κ2) is 8.99. The van der Waals surface area contributed by atoms with Crippen molar-refractivity contribution in [3.05, 3.63) is 105 Å². The summed E-state index contributed by atoms with van der Waals surface area (Å²) < 4.78 is 7.23. The van der Waals surface area contributed by atoms with Crippen LogP contribution in [0.15, 0.2) is 82.5 Å². The van der Waals surface area contributed by atoms with E-state index < -0.39 is 35.8 Å². The monoisotopic (exact) mass is 423 g/mol. The second-order valence-corrected chi connectivity index (χ2v) is 7.70. The highest BCUT2D eigenvalue weighted by molar-refractivity contribution is 5.31. The number of ether oxygens (including phenoxy) is 1. The standard InChI is InChI=1S/C23H25N3O5/c27-15-23(18(28)13-20(31-23)26-12-11-19(29)25-22(26)30)14-24-21(16-7-3-1-4-8-16)17-9-5-2-6-10-17/h1-12,18,20-21,24,27-28H,13-15H2,(H,25,29,30)/t18-,20+,23+/m0/s1. The number of hydrogen-bond acceptors (Lipinski definition) is 6. The van der Waals surface area contributed by atoms with Crippen molar-refractivity contribution < 1.29 is 14.9 Å². The Bertz CT molecular complexity index is 1080. The van der Waals surface area contributed by atoms with Crippen LogP contribution < -0.4 is 16.6 Å². The largest absolute Gasteiger partial charge is 0.393 e. The first-order valence-electron chi connectivity index (χ1n) is 10.1. The number of aliphatic hydroxyl groups excluding tert-OH is 2. The molecule has 1 aromatic heterocycles. The van der Waals surface area contributed by atoms with Crippen LogP contribution in [0.3, 0.4) is 0 Å². The first kappa shape index (κ1) is 21.2. The fraction of sp³-hybridized carbons (Fsp3) is 0.304. The smallest absolute Gasteiger partial charge is 0.330 e. The molecule has 4 N–H and O–H groups in total. The van der Waals surface area contributed by atoms with E-state index in [1.165, 1.54) is 16.8 Å². The van der Waals surface area contributed by atoms with Gasteiger partial charge in [0.1, 0.15) is 11.8 Å². The lowest BCUT2D eigenvalue weighted by molar-refractivity contribution is -0.126. The molecule has 0 saturated carbocycles. The summed E-state index contributed by atoms with van der Waals surface area (Å²) in [5, 5.41) is 24.3. The van der Waals surface area contributed by atoms with E-state index in [9.17, 15) is 19.8 Å². The maximum atomic E-state index is 12.1. The third-order valence-electron chi connectivity index (χ3n) is 5.70. The summed E-state index contributed by atoms with van der Waals surface area (Å²) in [6.07, 6.45) is -0.382. The molecule has 8 heteroatoms. The van der Waals surface area contributed by atoms with Gasteiger partial charge < -0.3 is 20.3 Å². The average molecular weight is 423 g/mol. The molecule has 8 nitrogen and oxygen atoms in total. The molecule has 162 valence electrons. The molecule has 3 aromatic rings. The Kier molecular flexibility index (Phi) is 6.15. The van der Waals surface area contributed by atoms with Gasteiger partial charge in [-0.1, -0.05) is 60.7 Å². The average Bonchev–Trinajstić information content (AvgIpc) is 3.11. The van der Waals surface area contributed by atoms with E-state index in [1.807, 2.05) is 60.7 Å². The topological polar surface area (TPSA) is 117 Å². The zero-order chi connectivity index (χ0) is 21.8. The van der Waals surface area contributed by atoms with E-state index in [2.05, 4.69) is 10.3 Å². The first-order valence-corrected chi connectivity index (χ1v) is 10.1. The molecule has 0 spiro atoms. The minimum absolute atomic E-state index is 0.107. The van der Waals surface area contributed by atoms with E-state index in [4.69, 9.17) is 4.74 Å². The summed E-state index contributed by atoms with van der Waals surface area (Å²) >= 11 is 0. The maximum absolute atomic E-state index is 12.1. The van der Waals surface area contributed by atoms with Crippen molar-refractivity contribution in [1.82, 2.24) is 14.9 Å². The molecule has 3 atom stereocenters. The van der Waals surface area contributed by atoms with Crippen LogP contribution >= 0.6 is 0 Å². The fourth-order valence-electron chi connectivity index (χ4n) is 3.98. The number of hydrogen-bond donors (Lipinski definition) is 4. The van der Waals surface area contributed by atoms with Gasteiger partial charge in [0.2, 0.25) is 0 Å². The Morgan fingerprint density at radius 3 is 2.23 bits per heavy atom. The number of nitrogens with one attached hydrogen (secondary N) is 2. The van der Waals surface area contributed by atoms with Crippen LogP contribution in [0.4, 0.5) is 0 Å². The van der Waals surface area contributed by atoms with Crippen molar-refractivity contribution in [2.24, 2.45) is 0 Å². The van der Waals surface area contributed by atoms with E-state index >= 15 is 0 Å². The summed E-state index contributed by atoms with van der Waals surface area (Å²) in [6.45, 7) is -0.292. The minimum atomic E-state index is -1.30. The zero-order valence-corrected chi connectivity index (χ0v) is 16.8. The normalized spacial score (nSPS) is 23.3. The lowest BCUT2D eigenvalue weighted by Gasteiger charge is -2.33. The number of H-pyrrole nitrogens is 1. The molecule has 1 aliphatic rings. The SMILES string of the molecule is O=c1ccn([C@H]2C[C@H](O)[C@](CO)(CNC(c3ccccc3)c3ccccc3)O2)c(=O)[nH]1. The van der Waals surface area contributed by atoms with Crippen molar-refractivity contribution in [3.8, 4) is 0 Å². The Morgan fingerprint density at radius 2 is 1.68 bits per heavy atom. The van der Waals surface area contributed by atoms with Gasteiger partial charge in [-0.2, -0.15) is 0 Å². The molecule has 0 amide bonds. The van der Waals surface area contributed by atoms with Crippen LogP contribution in [0, 0.1) is 0 Å². The second-order valence-electron chi connectivity index (χ2n) is 7.70. The molecule has 0 bridgehead atoms. The number of aromatic amines is 1. The first-order chi connectivity index (χ1) is 15.0. The van der Waals surface area contributed by atoms with E-state index in [0.717, 1.165) is 11.1 Å². The van der Waals surface area contributed by atoms with Gasteiger partial charge >= 0.3 is 5.69 Å². The zero-order valence-electron chi connectivity index (χ0n) is 16.8. The van der Waals surface area contributed by atoms with Crippen LogP contribution in [0.1, 0.15) is 29.8 Å². The molecule has 1 aliphatic heterocycles. The van der Waals surface area contributed by atoms with Crippen molar-refractivity contribution in [2.45, 2.75) is 30.4 Å². The van der Waals surface area contributed by atoms with Gasteiger partial charge in [-0.25, -0.2) is 4.79 Å². The summed E-state index contributed by atoms with van der Waals surface area (Å²) in [5.41, 5.74) is -0.381. The number of aliphatic hydroxyl groups is 2. The molecule has 31 heavy (non-hydrogen) atoms. The highest BCUT2D eigenvalue weighted by Gasteiger charge is 2.48. The van der Waals surface area contributed by atoms with Gasteiger partial charge in [-0.3, -0.25) is 14.3 Å². The quantitative estimate of drug-likeness (QED) is 0.449. The molecule has 4 rings (SSSR count). The van der Waals surface area contributed by atoms with Crippen molar-refractivity contribution >= 4 is 0 Å². The molecule has 0 aliphatic carbocycles. The lowest BCUT2D eigenvalue weighted by atomic mass is 9.94. The summed E-state index contributed by atoms with van der Waals surface area (Å²) in [5.74, 6) is 0. The van der Waals surface area contributed by atoms with Gasteiger partial charge in [0.25, 0.3) is 5.56 Å². The third kappa shape index (κ3) is 4.38. The number of nitrogens with zero attached hydrogens (tertiary/aromatic N) is 1. The van der Waals surface area contributed by atoms with E-state index in [0.29, 0.717) is 0 Å². The van der Waals surface area contributed by atoms with Crippen molar-refractivity contribution in [2.75, 3.05) is 13.2 Å². The van der Waals surface area contributed by atoms with Gasteiger partial charge in [-0.15, -0.1) is 0 Å². The summed E-state index contributed by atoms with van der Waals surface area (Å²) in [7, 11) is 0. The third-order valence-corrected chi connectivity index (χ3v) is 5.70. The maximum Gasteiger partial charge on any atom is 0.330 e. The molecule has 0 radical (unpaired) electrons. The molecular weight excluding hydrogens is 398 g/mol. The number of aromatic nitrogens is 2. The van der Waals surface area contributed by atoms with Gasteiger partial charge in [-0.05, 0) is 11.1 Å². The van der Waals surface area contributed by atoms with Crippen molar-refractivity contribution in [1.29, 1.82) is 0 Å². The van der Waals surface area contributed by atoms with Crippen LogP contribution in [-0.4, -0.2) is 44.6 Å². The highest BCUT2D eigenvalue weighted by atomic mass is 16.6. The van der Waals surface area contributed by atoms with Crippen LogP contribution in [0.2, 0.25) is 0 Å². The summed E-state index contributed by atoms with van der Waals surface area (Å²) in [6, 6.07) is 20.7. The Labute approximate surface area is 178 Å². The Morgan fingerprint density at radius 1 is 1.06 bits per heavy atom. The molecule has 2 heterocycles. The van der Waals surface area contributed by atoms with Gasteiger partial charge in [0.15, 0.2) is 0 Å². The van der Waals surface area contributed by atoms with Crippen LogP contribution in [0.25, 0.3) is 0 Å². The number of benzene rings is 2. The molecule has 2 aromatic carbocycles. The molecule has 1 saturated heterocycles. The molecular formula is C23H25N3O5. The van der Waals surface area contributed by atoms with Gasteiger partial charge in [0.05, 0.1) is 18.8 Å². The van der Waals surface area contributed by atoms with Crippen LogP contribution in [-0.2, 0) is 4.74 Å². The predicted molar refractivity (Wildman–Crippen MR) is 115 cm³/mol. The van der Waals surface area contributed by atoms with Crippen LogP contribution in [0.5, 0.6) is 0 Å². The van der Waals surface area contributed by atoms with E-state index in [-0.39, 0.29) is 19.0 Å². The molecule has 1 fully saturated rings. The predicted octanol–water partition coefficient (Wildman–Crippen LogP) is 0.927. The molecule has 0 unspecified atom stereocenters. The minimum Gasteiger partial charge on any atom is -0.393 e. The Hall–Kier alpha value is -3.04. The fourth-order valence-corrected chi connectivity index (χ4v) is 3.98. The summed E-state index contributed by atoms with van der Waals surface area (Å²) in [4.78, 5) is 25.7. The lowest BCUT2D eigenvalue weighted by Crippen LogP contribution is -2.52. The Balaban J connectivity index is 1.58. The van der Waals surface area contributed by atoms with Crippen molar-refractivity contribution in [3.63, 3.8) is 0 Å². The van der Waals surface area contributed by atoms with E-state index in [1.54, 1.807) is 0 Å².